The van der Waals surface area contributed by atoms with Crippen LogP contribution in [0.3, 0.4) is 0 Å². The highest BCUT2D eigenvalue weighted by molar-refractivity contribution is 5.77. The third-order valence-corrected chi connectivity index (χ3v) is 3.66. The summed E-state index contributed by atoms with van der Waals surface area (Å²) in [6.07, 6.45) is 1.38. The van der Waals surface area contributed by atoms with Crippen molar-refractivity contribution < 1.29 is 14.3 Å². The van der Waals surface area contributed by atoms with E-state index in [1.807, 2.05) is 32.6 Å². The van der Waals surface area contributed by atoms with Crippen molar-refractivity contribution >= 4 is 12.1 Å². The molecule has 0 aromatic rings. The quantitative estimate of drug-likeness (QED) is 0.798. The van der Waals surface area contributed by atoms with Crippen molar-refractivity contribution in [2.45, 2.75) is 58.2 Å². The predicted octanol–water partition coefficient (Wildman–Crippen LogP) is 1.80. The summed E-state index contributed by atoms with van der Waals surface area (Å²) in [6.45, 7) is 9.67. The highest BCUT2D eigenvalue weighted by Gasteiger charge is 2.35. The molecular formula is C14H25N3O3. The van der Waals surface area contributed by atoms with Gasteiger partial charge in [0.15, 0.2) is 0 Å². The lowest BCUT2D eigenvalue weighted by molar-refractivity contribution is 0.0170. The fraction of sp³-hybridized carbons (Fsp3) is 0.857. The first-order valence-corrected chi connectivity index (χ1v) is 7.31. The molecule has 0 saturated carbocycles. The molecule has 6 heteroatoms. The van der Waals surface area contributed by atoms with E-state index in [-0.39, 0.29) is 24.2 Å². The van der Waals surface area contributed by atoms with Gasteiger partial charge in [-0.2, -0.15) is 0 Å². The molecule has 1 atom stereocenters. The van der Waals surface area contributed by atoms with E-state index < -0.39 is 5.60 Å². The Morgan fingerprint density at radius 2 is 1.90 bits per heavy atom. The van der Waals surface area contributed by atoms with Gasteiger partial charge in [0.25, 0.3) is 0 Å². The average Bonchev–Trinajstić information content (AvgIpc) is 2.66. The molecular weight excluding hydrogens is 258 g/mol. The maximum Gasteiger partial charge on any atom is 0.410 e. The first-order chi connectivity index (χ1) is 9.26. The van der Waals surface area contributed by atoms with E-state index in [1.165, 1.54) is 0 Å². The molecule has 1 unspecified atom stereocenters. The Bertz CT molecular complexity index is 384. The van der Waals surface area contributed by atoms with Crippen LogP contribution in [-0.4, -0.2) is 59.2 Å². The first-order valence-electron chi connectivity index (χ1n) is 7.31. The Balaban J connectivity index is 1.83. The van der Waals surface area contributed by atoms with Crippen molar-refractivity contribution in [2.24, 2.45) is 0 Å². The van der Waals surface area contributed by atoms with E-state index in [4.69, 9.17) is 4.74 Å². The smallest absolute Gasteiger partial charge is 0.410 e. The van der Waals surface area contributed by atoms with E-state index in [0.29, 0.717) is 13.1 Å². The molecule has 2 aliphatic rings. The lowest BCUT2D eigenvalue weighted by Gasteiger charge is -2.36. The van der Waals surface area contributed by atoms with Gasteiger partial charge in [-0.15, -0.1) is 0 Å². The van der Waals surface area contributed by atoms with Crippen LogP contribution in [0.4, 0.5) is 9.59 Å². The molecule has 6 nitrogen and oxygen atoms in total. The molecule has 0 aromatic carbocycles. The van der Waals surface area contributed by atoms with Crippen LogP contribution in [0.1, 0.15) is 40.5 Å². The van der Waals surface area contributed by atoms with E-state index in [9.17, 15) is 9.59 Å². The van der Waals surface area contributed by atoms with Crippen molar-refractivity contribution in [1.82, 2.24) is 15.1 Å². The van der Waals surface area contributed by atoms with Crippen molar-refractivity contribution in [3.8, 4) is 0 Å². The Morgan fingerprint density at radius 3 is 2.35 bits per heavy atom. The molecule has 0 bridgehead atoms. The maximum atomic E-state index is 12.0. The largest absolute Gasteiger partial charge is 0.444 e. The van der Waals surface area contributed by atoms with E-state index in [0.717, 1.165) is 19.4 Å². The fourth-order valence-corrected chi connectivity index (χ4v) is 2.72. The van der Waals surface area contributed by atoms with Crippen LogP contribution in [0.5, 0.6) is 0 Å². The van der Waals surface area contributed by atoms with Crippen molar-refractivity contribution in [3.05, 3.63) is 0 Å². The van der Waals surface area contributed by atoms with Crippen LogP contribution in [0.25, 0.3) is 0 Å². The summed E-state index contributed by atoms with van der Waals surface area (Å²) < 4.78 is 5.37. The second kappa shape index (κ2) is 5.50. The van der Waals surface area contributed by atoms with Gasteiger partial charge < -0.3 is 19.9 Å². The van der Waals surface area contributed by atoms with Crippen molar-refractivity contribution in [3.63, 3.8) is 0 Å². The van der Waals surface area contributed by atoms with Gasteiger partial charge in [0.2, 0.25) is 0 Å². The van der Waals surface area contributed by atoms with E-state index >= 15 is 0 Å². The lowest BCUT2D eigenvalue weighted by atomic mass is 10.0. The number of urea groups is 1. The number of hydrogen-bond acceptors (Lipinski definition) is 3. The number of nitrogens with zero attached hydrogens (tertiary/aromatic N) is 2. The van der Waals surface area contributed by atoms with Crippen LogP contribution in [0.15, 0.2) is 0 Å². The minimum absolute atomic E-state index is 0.0215. The second-order valence-electron chi connectivity index (χ2n) is 6.70. The highest BCUT2D eigenvalue weighted by Crippen LogP contribution is 2.21. The summed E-state index contributed by atoms with van der Waals surface area (Å²) in [4.78, 5) is 27.4. The molecule has 2 aliphatic heterocycles. The predicted molar refractivity (Wildman–Crippen MR) is 75.5 cm³/mol. The molecule has 114 valence electrons. The third kappa shape index (κ3) is 3.55. The third-order valence-electron chi connectivity index (χ3n) is 3.66. The zero-order valence-electron chi connectivity index (χ0n) is 12.8. The standard InChI is InChI=1S/C14H25N3O3/c1-10-9-17(12(18)15-10)11-5-7-16(8-6-11)13(19)20-14(2,3)4/h10-11H,5-9H2,1-4H3,(H,15,18). The molecule has 2 fully saturated rings. The Labute approximate surface area is 120 Å². The highest BCUT2D eigenvalue weighted by atomic mass is 16.6. The summed E-state index contributed by atoms with van der Waals surface area (Å²) in [5.74, 6) is 0. The van der Waals surface area contributed by atoms with Gasteiger partial charge in [-0.1, -0.05) is 0 Å². The topological polar surface area (TPSA) is 61.9 Å². The number of carbonyl (C=O) groups excluding carboxylic acids is 2. The van der Waals surface area contributed by atoms with Crippen LogP contribution in [0, 0.1) is 0 Å². The molecule has 0 radical (unpaired) electrons. The Hall–Kier alpha value is -1.46. The normalized spacial score (nSPS) is 24.8. The van der Waals surface area contributed by atoms with Crippen LogP contribution < -0.4 is 5.32 Å². The van der Waals surface area contributed by atoms with Gasteiger partial charge in [0.05, 0.1) is 0 Å². The number of rotatable bonds is 1. The number of likely N-dealkylation sites (tertiary alicyclic amines) is 1. The van der Waals surface area contributed by atoms with Crippen LogP contribution >= 0.6 is 0 Å². The monoisotopic (exact) mass is 283 g/mol. The van der Waals surface area contributed by atoms with E-state index in [2.05, 4.69) is 5.32 Å². The molecule has 0 aromatic heterocycles. The first kappa shape index (κ1) is 14.9. The number of hydrogen-bond donors (Lipinski definition) is 1. The number of carbonyl (C=O) groups is 2. The number of ether oxygens (including phenoxy) is 1. The minimum Gasteiger partial charge on any atom is -0.444 e. The Morgan fingerprint density at radius 1 is 1.30 bits per heavy atom. The van der Waals surface area contributed by atoms with Crippen LogP contribution in [0.2, 0.25) is 0 Å². The maximum absolute atomic E-state index is 12.0. The zero-order chi connectivity index (χ0) is 14.9. The van der Waals surface area contributed by atoms with Gasteiger partial charge >= 0.3 is 12.1 Å². The van der Waals surface area contributed by atoms with Crippen molar-refractivity contribution in [1.29, 1.82) is 0 Å². The molecule has 3 amide bonds. The van der Waals surface area contributed by atoms with Gasteiger partial charge in [-0.25, -0.2) is 9.59 Å². The van der Waals surface area contributed by atoms with Gasteiger partial charge in [-0.3, -0.25) is 0 Å². The number of amides is 3. The van der Waals surface area contributed by atoms with E-state index in [1.54, 1.807) is 4.90 Å². The second-order valence-corrected chi connectivity index (χ2v) is 6.70. The zero-order valence-corrected chi connectivity index (χ0v) is 12.8. The molecule has 0 aliphatic carbocycles. The Kier molecular flexibility index (Phi) is 4.11. The van der Waals surface area contributed by atoms with Gasteiger partial charge in [0, 0.05) is 31.7 Å². The molecule has 2 saturated heterocycles. The fourth-order valence-electron chi connectivity index (χ4n) is 2.72. The molecule has 0 spiro atoms. The lowest BCUT2D eigenvalue weighted by Crippen LogP contribution is -2.48. The molecule has 20 heavy (non-hydrogen) atoms. The van der Waals surface area contributed by atoms with Gasteiger partial charge in [-0.05, 0) is 40.5 Å². The SMILES string of the molecule is CC1CN(C2CCN(C(=O)OC(C)(C)C)CC2)C(=O)N1. The molecule has 1 N–H and O–H groups in total. The summed E-state index contributed by atoms with van der Waals surface area (Å²) in [5.41, 5.74) is -0.460. The molecule has 2 heterocycles. The van der Waals surface area contributed by atoms with Crippen molar-refractivity contribution in [2.75, 3.05) is 19.6 Å². The van der Waals surface area contributed by atoms with Crippen LogP contribution in [-0.2, 0) is 4.74 Å². The number of nitrogens with one attached hydrogen (secondary N) is 1. The van der Waals surface area contributed by atoms with Gasteiger partial charge in [0.1, 0.15) is 5.60 Å². The average molecular weight is 283 g/mol. The summed E-state index contributed by atoms with van der Waals surface area (Å²) >= 11 is 0. The summed E-state index contributed by atoms with van der Waals surface area (Å²) in [7, 11) is 0. The summed E-state index contributed by atoms with van der Waals surface area (Å²) in [5, 5.41) is 2.91. The minimum atomic E-state index is -0.460. The molecule has 2 rings (SSSR count). The number of piperidine rings is 1. The summed E-state index contributed by atoms with van der Waals surface area (Å²) in [6, 6.07) is 0.471.